The van der Waals surface area contributed by atoms with Gasteiger partial charge in [-0.1, -0.05) is 98.1 Å². The molecule has 0 saturated heterocycles. The summed E-state index contributed by atoms with van der Waals surface area (Å²) in [5, 5.41) is 3.45. The Balaban J connectivity index is 2.35. The van der Waals surface area contributed by atoms with Crippen molar-refractivity contribution < 1.29 is 0 Å². The van der Waals surface area contributed by atoms with E-state index in [0.717, 1.165) is 0 Å². The fourth-order valence-corrected chi connectivity index (χ4v) is 7.95. The molecule has 0 aliphatic heterocycles. The van der Waals surface area contributed by atoms with Crippen LogP contribution in [-0.4, -0.2) is 8.07 Å². The molecule has 0 nitrogen and oxygen atoms in total. The molecule has 2 rings (SSSR count). The van der Waals surface area contributed by atoms with Gasteiger partial charge >= 0.3 is 0 Å². The zero-order valence-corrected chi connectivity index (χ0v) is 15.0. The second-order valence-corrected chi connectivity index (χ2v) is 10.9. The molecule has 0 fully saturated rings. The van der Waals surface area contributed by atoms with Gasteiger partial charge in [-0.15, -0.1) is 0 Å². The van der Waals surface area contributed by atoms with E-state index in [-0.39, 0.29) is 0 Å². The molecule has 0 amide bonds. The largest absolute Gasteiger partial charge is 0.111 e. The minimum atomic E-state index is -1.51. The Bertz CT molecular complexity index is 498. The van der Waals surface area contributed by atoms with Crippen LogP contribution in [0.1, 0.15) is 52.4 Å². The van der Waals surface area contributed by atoms with Crippen LogP contribution < -0.4 is 5.19 Å². The molecule has 21 heavy (non-hydrogen) atoms. The number of hydrogen-bond donors (Lipinski definition) is 0. The lowest BCUT2D eigenvalue weighted by Gasteiger charge is -2.31. The maximum absolute atomic E-state index is 2.60. The normalized spacial score (nSPS) is 17.3. The van der Waals surface area contributed by atoms with Gasteiger partial charge < -0.3 is 0 Å². The van der Waals surface area contributed by atoms with Crippen molar-refractivity contribution in [1.82, 2.24) is 0 Å². The van der Waals surface area contributed by atoms with E-state index in [2.05, 4.69) is 62.9 Å². The van der Waals surface area contributed by atoms with Gasteiger partial charge in [0.05, 0.1) is 0 Å². The molecule has 0 radical (unpaired) electrons. The van der Waals surface area contributed by atoms with E-state index < -0.39 is 8.07 Å². The third-order valence-corrected chi connectivity index (χ3v) is 9.75. The molecule has 0 aromatic heterocycles. The van der Waals surface area contributed by atoms with E-state index in [1.807, 2.05) is 5.20 Å². The summed E-state index contributed by atoms with van der Waals surface area (Å²) in [6.07, 6.45) is 12.6. The summed E-state index contributed by atoms with van der Waals surface area (Å²) in [5.41, 5.74) is 1.67. The third-order valence-electron chi connectivity index (χ3n) is 4.94. The summed E-state index contributed by atoms with van der Waals surface area (Å²) in [6, 6.07) is 12.8. The summed E-state index contributed by atoms with van der Waals surface area (Å²) >= 11 is 0. The Labute approximate surface area is 132 Å². The fraction of sp³-hybridized carbons (Fsp3) is 0.500. The quantitative estimate of drug-likeness (QED) is 0.535. The smallest absolute Gasteiger partial charge is 0.0806 e. The summed E-state index contributed by atoms with van der Waals surface area (Å²) < 4.78 is 0. The molecule has 1 atom stereocenters. The Hall–Kier alpha value is -1.08. The zero-order chi connectivity index (χ0) is 15.1. The van der Waals surface area contributed by atoms with E-state index in [1.165, 1.54) is 44.6 Å². The van der Waals surface area contributed by atoms with Crippen molar-refractivity contribution in [2.75, 3.05) is 0 Å². The third kappa shape index (κ3) is 3.77. The summed E-state index contributed by atoms with van der Waals surface area (Å²) in [5.74, 6) is 0. The van der Waals surface area contributed by atoms with Crippen LogP contribution >= 0.6 is 0 Å². The number of benzene rings is 1. The van der Waals surface area contributed by atoms with Gasteiger partial charge in [-0.05, 0) is 25.3 Å². The van der Waals surface area contributed by atoms with Crippen LogP contribution in [0.4, 0.5) is 0 Å². The SMILES string of the molecule is CCCCC1=C([Si](C)(CCCC)c2ccccc2)CC=C1. The van der Waals surface area contributed by atoms with E-state index in [0.29, 0.717) is 0 Å². The molecule has 0 N–H and O–H groups in total. The molecule has 0 bridgehead atoms. The second-order valence-electron chi connectivity index (χ2n) is 6.52. The first-order valence-electron chi connectivity index (χ1n) is 8.67. The van der Waals surface area contributed by atoms with Gasteiger partial charge in [0.2, 0.25) is 0 Å². The Morgan fingerprint density at radius 3 is 2.38 bits per heavy atom. The van der Waals surface area contributed by atoms with Crippen molar-refractivity contribution in [3.63, 3.8) is 0 Å². The van der Waals surface area contributed by atoms with Gasteiger partial charge in [0, 0.05) is 0 Å². The monoisotopic (exact) mass is 298 g/mol. The van der Waals surface area contributed by atoms with Gasteiger partial charge in [-0.25, -0.2) is 0 Å². The fourth-order valence-electron chi connectivity index (χ4n) is 3.54. The minimum absolute atomic E-state index is 1.21. The lowest BCUT2D eigenvalue weighted by atomic mass is 10.1. The summed E-state index contributed by atoms with van der Waals surface area (Å²) in [7, 11) is -1.51. The predicted molar refractivity (Wildman–Crippen MR) is 97.7 cm³/mol. The molecule has 1 unspecified atom stereocenters. The van der Waals surface area contributed by atoms with Crippen LogP contribution in [0.15, 0.2) is 53.3 Å². The minimum Gasteiger partial charge on any atom is -0.0806 e. The first-order chi connectivity index (χ1) is 10.2. The van der Waals surface area contributed by atoms with E-state index in [4.69, 9.17) is 0 Å². The lowest BCUT2D eigenvalue weighted by Crippen LogP contribution is -2.47. The lowest BCUT2D eigenvalue weighted by molar-refractivity contribution is 0.796. The molecule has 0 heterocycles. The molecule has 0 saturated carbocycles. The topological polar surface area (TPSA) is 0 Å². The highest BCUT2D eigenvalue weighted by Gasteiger charge is 2.35. The zero-order valence-electron chi connectivity index (χ0n) is 14.0. The van der Waals surface area contributed by atoms with Crippen LogP contribution in [0.2, 0.25) is 12.6 Å². The second kappa shape index (κ2) is 7.79. The summed E-state index contributed by atoms with van der Waals surface area (Å²) in [6.45, 7) is 7.22. The maximum atomic E-state index is 2.60. The molecule has 1 aliphatic rings. The van der Waals surface area contributed by atoms with Crippen LogP contribution in [0.25, 0.3) is 0 Å². The number of hydrogen-bond acceptors (Lipinski definition) is 0. The highest BCUT2D eigenvalue weighted by atomic mass is 28.3. The Kier molecular flexibility index (Phi) is 6.04. The molecule has 1 aromatic rings. The van der Waals surface area contributed by atoms with Crippen molar-refractivity contribution in [2.24, 2.45) is 0 Å². The van der Waals surface area contributed by atoms with E-state index in [1.54, 1.807) is 10.8 Å². The molecule has 1 aromatic carbocycles. The summed E-state index contributed by atoms with van der Waals surface area (Å²) in [4.78, 5) is 0. The Morgan fingerprint density at radius 2 is 1.71 bits per heavy atom. The van der Waals surface area contributed by atoms with Gasteiger partial charge in [-0.2, -0.15) is 0 Å². The van der Waals surface area contributed by atoms with Crippen molar-refractivity contribution in [1.29, 1.82) is 0 Å². The van der Waals surface area contributed by atoms with Gasteiger partial charge in [0.25, 0.3) is 0 Å². The van der Waals surface area contributed by atoms with Crippen LogP contribution in [0.3, 0.4) is 0 Å². The highest BCUT2D eigenvalue weighted by Crippen LogP contribution is 2.34. The number of allylic oxidation sites excluding steroid dienone is 4. The molecular weight excluding hydrogens is 268 g/mol. The van der Waals surface area contributed by atoms with Gasteiger partial charge in [-0.3, -0.25) is 0 Å². The van der Waals surface area contributed by atoms with Crippen molar-refractivity contribution in [3.8, 4) is 0 Å². The van der Waals surface area contributed by atoms with Crippen molar-refractivity contribution in [3.05, 3.63) is 53.3 Å². The Morgan fingerprint density at radius 1 is 1.00 bits per heavy atom. The van der Waals surface area contributed by atoms with Crippen LogP contribution in [0.5, 0.6) is 0 Å². The molecule has 114 valence electrons. The number of unbranched alkanes of at least 4 members (excludes halogenated alkanes) is 2. The van der Waals surface area contributed by atoms with E-state index in [9.17, 15) is 0 Å². The van der Waals surface area contributed by atoms with Crippen LogP contribution in [-0.2, 0) is 0 Å². The average molecular weight is 299 g/mol. The molecule has 1 heteroatoms. The first kappa shape index (κ1) is 16.3. The van der Waals surface area contributed by atoms with Crippen LogP contribution in [0, 0.1) is 0 Å². The number of rotatable bonds is 8. The molecule has 0 spiro atoms. The molecule has 1 aliphatic carbocycles. The van der Waals surface area contributed by atoms with Gasteiger partial charge in [0.15, 0.2) is 0 Å². The molecular formula is C20H30Si. The van der Waals surface area contributed by atoms with Gasteiger partial charge in [0.1, 0.15) is 8.07 Å². The van der Waals surface area contributed by atoms with E-state index >= 15 is 0 Å². The highest BCUT2D eigenvalue weighted by molar-refractivity contribution is 6.96. The maximum Gasteiger partial charge on any atom is 0.111 e. The standard InChI is InChI=1S/C20H30Si/c1-4-6-12-18-13-11-16-20(18)21(3,17-7-5-2)19-14-9-8-10-15-19/h8-11,13-15H,4-7,12,16-17H2,1-3H3. The average Bonchev–Trinajstić information content (AvgIpc) is 3.00. The van der Waals surface area contributed by atoms with Crippen molar-refractivity contribution >= 4 is 13.3 Å². The predicted octanol–water partition coefficient (Wildman–Crippen LogP) is 5.76. The first-order valence-corrected chi connectivity index (χ1v) is 11.4. The van der Waals surface area contributed by atoms with Crippen molar-refractivity contribution in [2.45, 2.75) is 65.0 Å².